The summed E-state index contributed by atoms with van der Waals surface area (Å²) in [6.45, 7) is -0.931. The molecule has 0 heterocycles. The second-order valence-electron chi connectivity index (χ2n) is 1.33. The van der Waals surface area contributed by atoms with E-state index < -0.39 is 13.0 Å². The molecule has 0 rings (SSSR count). The van der Waals surface area contributed by atoms with Gasteiger partial charge in [0.25, 0.3) is 6.57 Å². The Bertz CT molecular complexity index is 111. The van der Waals surface area contributed by atoms with Gasteiger partial charge in [-0.15, -0.1) is 0 Å². The summed E-state index contributed by atoms with van der Waals surface area (Å²) < 4.78 is 27.4. The lowest BCUT2D eigenvalue weighted by molar-refractivity contribution is 0.334. The maximum Gasteiger partial charge on any atom is 0.287 e. The van der Waals surface area contributed by atoms with Crippen molar-refractivity contribution >= 4 is 18.0 Å². The predicted molar refractivity (Wildman–Crippen MR) is 38.7 cm³/mol. The lowest BCUT2D eigenvalue weighted by atomic mass is 10.9. The van der Waals surface area contributed by atoms with Crippen LogP contribution in [0.2, 0.25) is 0 Å². The first kappa shape index (κ1) is 9.47. The average molecular weight is 172 g/mol. The van der Waals surface area contributed by atoms with E-state index in [0.717, 1.165) is 11.4 Å². The fraction of sp³-hybridized carbons (Fsp3) is 1.00. The Balaban J connectivity index is 3.78. The van der Waals surface area contributed by atoms with Gasteiger partial charge in [-0.05, 0) is 13.2 Å². The smallest absolute Gasteiger partial charge is 0.287 e. The fourth-order valence-corrected chi connectivity index (χ4v) is 1.92. The van der Waals surface area contributed by atoms with Gasteiger partial charge in [-0.2, -0.15) is 0 Å². The molecule has 0 amide bonds. The molecule has 1 unspecified atom stereocenters. The van der Waals surface area contributed by atoms with Gasteiger partial charge in [0.1, 0.15) is 0 Å². The van der Waals surface area contributed by atoms with Crippen LogP contribution in [0.4, 0.5) is 4.39 Å². The van der Waals surface area contributed by atoms with Gasteiger partial charge in [-0.1, -0.05) is 11.4 Å². The van der Waals surface area contributed by atoms with Gasteiger partial charge >= 0.3 is 0 Å². The van der Waals surface area contributed by atoms with Crippen molar-refractivity contribution in [1.82, 2.24) is 0 Å². The van der Waals surface area contributed by atoms with Crippen LogP contribution < -0.4 is 0 Å². The first-order valence-corrected chi connectivity index (χ1v) is 6.18. The van der Waals surface area contributed by atoms with E-state index >= 15 is 0 Å². The van der Waals surface area contributed by atoms with Crippen molar-refractivity contribution in [2.75, 3.05) is 19.3 Å². The first-order chi connectivity index (χ1) is 4.18. The standard InChI is InChI=1S/C4H10FO2PS/c1-3-7-8(6,4-5)9-2/h3-4H2,1-2H3. The number of hydrogen-bond donors (Lipinski definition) is 0. The van der Waals surface area contributed by atoms with Crippen molar-refractivity contribution in [1.29, 1.82) is 0 Å². The minimum absolute atomic E-state index is 0.308. The molecule has 0 aliphatic rings. The number of rotatable bonds is 4. The van der Waals surface area contributed by atoms with Crippen LogP contribution in [0.25, 0.3) is 0 Å². The third kappa shape index (κ3) is 3.23. The number of alkyl halides is 1. The Kier molecular flexibility index (Phi) is 4.54. The minimum atomic E-state index is -2.93. The zero-order chi connectivity index (χ0) is 7.33. The Morgan fingerprint density at radius 1 is 1.78 bits per heavy atom. The molecule has 1 atom stereocenters. The van der Waals surface area contributed by atoms with Gasteiger partial charge in [0.05, 0.1) is 6.61 Å². The van der Waals surface area contributed by atoms with Crippen molar-refractivity contribution in [2.45, 2.75) is 6.92 Å². The van der Waals surface area contributed by atoms with Crippen molar-refractivity contribution in [3.8, 4) is 0 Å². The third-order valence-electron chi connectivity index (χ3n) is 0.750. The molecule has 2 nitrogen and oxygen atoms in total. The molecule has 9 heavy (non-hydrogen) atoms. The molecular weight excluding hydrogens is 162 g/mol. The monoisotopic (exact) mass is 172 g/mol. The highest BCUT2D eigenvalue weighted by Gasteiger charge is 2.19. The quantitative estimate of drug-likeness (QED) is 0.609. The van der Waals surface area contributed by atoms with Gasteiger partial charge in [-0.3, -0.25) is 4.57 Å². The van der Waals surface area contributed by atoms with Crippen molar-refractivity contribution in [2.24, 2.45) is 0 Å². The summed E-state index contributed by atoms with van der Waals surface area (Å²) in [6.07, 6.45) is 0.706. The summed E-state index contributed by atoms with van der Waals surface area (Å²) in [5.74, 6) is 0. The van der Waals surface area contributed by atoms with Gasteiger partial charge in [0, 0.05) is 0 Å². The summed E-state index contributed by atoms with van der Waals surface area (Å²) in [7, 11) is 0. The zero-order valence-corrected chi connectivity index (χ0v) is 7.18. The molecule has 56 valence electrons. The fourth-order valence-electron chi connectivity index (χ4n) is 0.333. The van der Waals surface area contributed by atoms with E-state index in [-0.39, 0.29) is 0 Å². The molecule has 0 bridgehead atoms. The Hall–Kier alpha value is 0.470. The summed E-state index contributed by atoms with van der Waals surface area (Å²) in [5, 5.41) is 0. The van der Waals surface area contributed by atoms with Crippen LogP contribution in [0.1, 0.15) is 6.92 Å². The highest BCUT2D eigenvalue weighted by atomic mass is 32.7. The first-order valence-electron chi connectivity index (χ1n) is 2.54. The van der Waals surface area contributed by atoms with E-state index in [0.29, 0.717) is 6.61 Å². The number of halogens is 1. The molecule has 0 aromatic carbocycles. The normalized spacial score (nSPS) is 17.2. The molecule has 0 saturated heterocycles. The van der Waals surface area contributed by atoms with Crippen LogP contribution in [-0.4, -0.2) is 19.3 Å². The zero-order valence-electron chi connectivity index (χ0n) is 5.46. The average Bonchev–Trinajstić information content (AvgIpc) is 1.89. The highest BCUT2D eigenvalue weighted by Crippen LogP contribution is 2.57. The second kappa shape index (κ2) is 4.31. The molecule has 0 saturated carbocycles. The Labute approximate surface area is 58.4 Å². The summed E-state index contributed by atoms with van der Waals surface area (Å²) in [5.41, 5.74) is 0. The lowest BCUT2D eigenvalue weighted by Crippen LogP contribution is -1.86. The van der Waals surface area contributed by atoms with Crippen molar-refractivity contribution < 1.29 is 13.5 Å². The van der Waals surface area contributed by atoms with Gasteiger partial charge in [0.15, 0.2) is 6.42 Å². The summed E-state index contributed by atoms with van der Waals surface area (Å²) in [4.78, 5) is 0. The topological polar surface area (TPSA) is 26.3 Å². The lowest BCUT2D eigenvalue weighted by Gasteiger charge is -2.08. The SMILES string of the molecule is CCOP(=O)(CF)SC. The summed E-state index contributed by atoms with van der Waals surface area (Å²) in [6, 6.07) is 0. The second-order valence-corrected chi connectivity index (χ2v) is 6.18. The largest absolute Gasteiger partial charge is 0.320 e. The molecular formula is C4H10FO2PS. The molecule has 0 aliphatic carbocycles. The maximum atomic E-state index is 11.8. The predicted octanol–water partition coefficient (Wildman–Crippen LogP) is 2.51. The van der Waals surface area contributed by atoms with E-state index in [1.807, 2.05) is 0 Å². The maximum absolute atomic E-state index is 11.8. The molecule has 0 aromatic heterocycles. The summed E-state index contributed by atoms with van der Waals surface area (Å²) >= 11 is 0.955. The highest BCUT2D eigenvalue weighted by molar-refractivity contribution is 8.56. The van der Waals surface area contributed by atoms with E-state index in [4.69, 9.17) is 0 Å². The molecule has 5 heteroatoms. The van der Waals surface area contributed by atoms with Crippen LogP contribution >= 0.6 is 18.0 Å². The van der Waals surface area contributed by atoms with E-state index in [1.165, 1.54) is 0 Å². The van der Waals surface area contributed by atoms with Crippen LogP contribution in [0.5, 0.6) is 0 Å². The third-order valence-corrected chi connectivity index (χ3v) is 4.53. The molecule has 0 aliphatic heterocycles. The van der Waals surface area contributed by atoms with E-state index in [1.54, 1.807) is 13.2 Å². The Morgan fingerprint density at radius 2 is 2.33 bits per heavy atom. The van der Waals surface area contributed by atoms with Gasteiger partial charge < -0.3 is 4.52 Å². The van der Waals surface area contributed by atoms with Crippen molar-refractivity contribution in [3.05, 3.63) is 0 Å². The molecule has 0 spiro atoms. The van der Waals surface area contributed by atoms with Gasteiger partial charge in [-0.25, -0.2) is 4.39 Å². The van der Waals surface area contributed by atoms with Crippen LogP contribution in [-0.2, 0) is 9.09 Å². The molecule has 0 fully saturated rings. The number of hydrogen-bond acceptors (Lipinski definition) is 3. The van der Waals surface area contributed by atoms with E-state index in [2.05, 4.69) is 4.52 Å². The minimum Gasteiger partial charge on any atom is -0.320 e. The molecule has 0 radical (unpaired) electrons. The molecule has 0 aromatic rings. The van der Waals surface area contributed by atoms with Crippen LogP contribution in [0.3, 0.4) is 0 Å². The van der Waals surface area contributed by atoms with Crippen LogP contribution in [0, 0.1) is 0 Å². The Morgan fingerprint density at radius 3 is 2.44 bits per heavy atom. The van der Waals surface area contributed by atoms with E-state index in [9.17, 15) is 8.96 Å². The van der Waals surface area contributed by atoms with Crippen LogP contribution in [0.15, 0.2) is 0 Å². The van der Waals surface area contributed by atoms with Gasteiger partial charge in [0.2, 0.25) is 0 Å². The van der Waals surface area contributed by atoms with Crippen molar-refractivity contribution in [3.63, 3.8) is 0 Å². The molecule has 0 N–H and O–H groups in total.